The Hall–Kier alpha value is -1.71. The third-order valence-corrected chi connectivity index (χ3v) is 5.05. The molecule has 7 nitrogen and oxygen atoms in total. The lowest BCUT2D eigenvalue weighted by atomic mass is 10.5. The fraction of sp³-hybridized carbons (Fsp3) is 0. The van der Waals surface area contributed by atoms with E-state index < -0.39 is 16.0 Å². The van der Waals surface area contributed by atoms with Crippen LogP contribution in [-0.2, 0) is 10.0 Å². The van der Waals surface area contributed by atoms with Crippen LogP contribution >= 0.6 is 22.9 Å². The first-order valence-corrected chi connectivity index (χ1v) is 7.41. The van der Waals surface area contributed by atoms with Crippen molar-refractivity contribution in [1.82, 2.24) is 10.2 Å². The van der Waals surface area contributed by atoms with Crippen LogP contribution < -0.4 is 4.72 Å². The quantitative estimate of drug-likeness (QED) is 0.887. The van der Waals surface area contributed by atoms with Gasteiger partial charge in [-0.15, -0.1) is 21.5 Å². The summed E-state index contributed by atoms with van der Waals surface area (Å²) in [4.78, 5) is 10.6. The van der Waals surface area contributed by atoms with Crippen LogP contribution in [0.4, 0.5) is 5.82 Å². The van der Waals surface area contributed by atoms with Crippen LogP contribution in [0.5, 0.6) is 0 Å². The number of sulfonamides is 1. The summed E-state index contributed by atoms with van der Waals surface area (Å²) >= 11 is 6.17. The standard InChI is InChI=1S/C9H6ClN3O4S2/c10-6-2-3-7(12-11-6)13-19(16,17)8-4-1-5(18-8)9(14)15/h1-4H,(H,12,13)(H,14,15). The van der Waals surface area contributed by atoms with E-state index in [9.17, 15) is 13.2 Å². The molecule has 0 unspecified atom stereocenters. The highest BCUT2D eigenvalue weighted by atomic mass is 35.5. The van der Waals surface area contributed by atoms with Gasteiger partial charge >= 0.3 is 5.97 Å². The minimum Gasteiger partial charge on any atom is -0.477 e. The first-order chi connectivity index (χ1) is 8.88. The zero-order valence-corrected chi connectivity index (χ0v) is 11.5. The number of aromatic carboxylic acids is 1. The minimum atomic E-state index is -3.88. The lowest BCUT2D eigenvalue weighted by Crippen LogP contribution is -2.12. The van der Waals surface area contributed by atoms with Gasteiger partial charge in [-0.05, 0) is 24.3 Å². The normalized spacial score (nSPS) is 11.2. The highest BCUT2D eigenvalue weighted by molar-refractivity contribution is 7.94. The molecule has 0 atom stereocenters. The number of nitrogens with zero attached hydrogens (tertiary/aromatic N) is 2. The molecule has 2 aromatic heterocycles. The molecule has 0 fully saturated rings. The molecule has 2 heterocycles. The Morgan fingerprint density at radius 2 is 2.00 bits per heavy atom. The van der Waals surface area contributed by atoms with Crippen LogP contribution in [0, 0.1) is 0 Å². The van der Waals surface area contributed by atoms with Gasteiger partial charge in [-0.25, -0.2) is 13.2 Å². The van der Waals surface area contributed by atoms with Gasteiger partial charge in [0.1, 0.15) is 9.09 Å². The Morgan fingerprint density at radius 1 is 1.26 bits per heavy atom. The van der Waals surface area contributed by atoms with Crippen molar-refractivity contribution < 1.29 is 18.3 Å². The van der Waals surface area contributed by atoms with Gasteiger partial charge in [0.05, 0.1) is 0 Å². The largest absolute Gasteiger partial charge is 0.477 e. The third kappa shape index (κ3) is 3.19. The summed E-state index contributed by atoms with van der Waals surface area (Å²) < 4.78 is 25.9. The van der Waals surface area contributed by atoms with Crippen molar-refractivity contribution in [2.45, 2.75) is 4.21 Å². The number of nitrogens with one attached hydrogen (secondary N) is 1. The van der Waals surface area contributed by atoms with E-state index in [4.69, 9.17) is 16.7 Å². The van der Waals surface area contributed by atoms with Crippen molar-refractivity contribution in [2.75, 3.05) is 4.72 Å². The lowest BCUT2D eigenvalue weighted by Gasteiger charge is -2.03. The van der Waals surface area contributed by atoms with E-state index in [0.29, 0.717) is 11.3 Å². The van der Waals surface area contributed by atoms with Gasteiger partial charge < -0.3 is 5.11 Å². The summed E-state index contributed by atoms with van der Waals surface area (Å²) in [5.74, 6) is -1.19. The zero-order chi connectivity index (χ0) is 14.0. The molecule has 0 saturated heterocycles. The van der Waals surface area contributed by atoms with Crippen LogP contribution in [0.1, 0.15) is 9.67 Å². The SMILES string of the molecule is O=C(O)c1ccc(S(=O)(=O)Nc2ccc(Cl)nn2)s1. The molecule has 0 spiro atoms. The fourth-order valence-corrected chi connectivity index (χ4v) is 3.38. The molecule has 19 heavy (non-hydrogen) atoms. The van der Waals surface area contributed by atoms with Crippen LogP contribution in [-0.4, -0.2) is 29.7 Å². The van der Waals surface area contributed by atoms with E-state index >= 15 is 0 Å². The average Bonchev–Trinajstić information content (AvgIpc) is 2.82. The van der Waals surface area contributed by atoms with Gasteiger partial charge in [0.15, 0.2) is 11.0 Å². The minimum absolute atomic E-state index is 0.00493. The average molecular weight is 320 g/mol. The zero-order valence-electron chi connectivity index (χ0n) is 9.07. The molecule has 2 N–H and O–H groups in total. The number of rotatable bonds is 4. The van der Waals surface area contributed by atoms with E-state index in [-0.39, 0.29) is 20.1 Å². The number of thiophene rings is 1. The number of aromatic nitrogens is 2. The molecule has 10 heteroatoms. The first kappa shape index (κ1) is 13.7. The summed E-state index contributed by atoms with van der Waals surface area (Å²) in [6.45, 7) is 0. The summed E-state index contributed by atoms with van der Waals surface area (Å²) in [6.07, 6.45) is 0. The molecule has 2 aromatic rings. The maximum atomic E-state index is 11.9. The second-order valence-electron chi connectivity index (χ2n) is 3.27. The second-order valence-corrected chi connectivity index (χ2v) is 6.65. The van der Waals surface area contributed by atoms with Gasteiger partial charge in [0.25, 0.3) is 10.0 Å². The Morgan fingerprint density at radius 3 is 2.53 bits per heavy atom. The van der Waals surface area contributed by atoms with Crippen molar-refractivity contribution in [1.29, 1.82) is 0 Å². The second kappa shape index (κ2) is 5.11. The van der Waals surface area contributed by atoms with Crippen LogP contribution in [0.3, 0.4) is 0 Å². The Bertz CT molecular complexity index is 711. The number of halogens is 1. The van der Waals surface area contributed by atoms with Gasteiger partial charge in [-0.2, -0.15) is 0 Å². The summed E-state index contributed by atoms with van der Waals surface area (Å²) in [5.41, 5.74) is 0. The van der Waals surface area contributed by atoms with Crippen molar-refractivity contribution in [2.24, 2.45) is 0 Å². The fourth-order valence-electron chi connectivity index (χ4n) is 1.14. The maximum Gasteiger partial charge on any atom is 0.345 e. The molecule has 0 aromatic carbocycles. The molecular formula is C9H6ClN3O4S2. The summed E-state index contributed by atoms with van der Waals surface area (Å²) in [7, 11) is -3.88. The highest BCUT2D eigenvalue weighted by Gasteiger charge is 2.19. The first-order valence-electron chi connectivity index (χ1n) is 4.74. The summed E-state index contributed by atoms with van der Waals surface area (Å²) in [6, 6.07) is 5.15. The number of carboxylic acid groups (broad SMARTS) is 1. The molecule has 2 rings (SSSR count). The van der Waals surface area contributed by atoms with E-state index in [1.54, 1.807) is 0 Å². The number of carboxylic acids is 1. The molecule has 0 aliphatic carbocycles. The summed E-state index contributed by atoms with van der Waals surface area (Å²) in [5, 5.41) is 15.9. The predicted octanol–water partition coefficient (Wildman–Crippen LogP) is 1.69. The van der Waals surface area contributed by atoms with Crippen molar-refractivity contribution in [3.63, 3.8) is 0 Å². The van der Waals surface area contributed by atoms with E-state index in [1.807, 2.05) is 0 Å². The van der Waals surface area contributed by atoms with Gasteiger partial charge in [0, 0.05) is 0 Å². The van der Waals surface area contributed by atoms with Crippen molar-refractivity contribution in [3.05, 3.63) is 34.3 Å². The van der Waals surface area contributed by atoms with Gasteiger partial charge in [-0.3, -0.25) is 4.72 Å². The predicted molar refractivity (Wildman–Crippen MR) is 69.1 cm³/mol. The highest BCUT2D eigenvalue weighted by Crippen LogP contribution is 2.23. The van der Waals surface area contributed by atoms with E-state index in [1.165, 1.54) is 24.3 Å². The Labute approximate surface area is 116 Å². The molecule has 0 aliphatic heterocycles. The van der Waals surface area contributed by atoms with Crippen molar-refractivity contribution >= 4 is 44.7 Å². The number of carbonyl (C=O) groups is 1. The van der Waals surface area contributed by atoms with Crippen LogP contribution in [0.2, 0.25) is 5.15 Å². The molecule has 0 radical (unpaired) electrons. The van der Waals surface area contributed by atoms with E-state index in [0.717, 1.165) is 0 Å². The Balaban J connectivity index is 2.26. The van der Waals surface area contributed by atoms with E-state index in [2.05, 4.69) is 14.9 Å². The maximum absolute atomic E-state index is 11.9. The molecule has 0 bridgehead atoms. The number of hydrogen-bond donors (Lipinski definition) is 2. The molecule has 0 saturated carbocycles. The van der Waals surface area contributed by atoms with Gasteiger partial charge in [-0.1, -0.05) is 11.6 Å². The van der Waals surface area contributed by atoms with Crippen LogP contribution in [0.25, 0.3) is 0 Å². The smallest absolute Gasteiger partial charge is 0.345 e. The monoisotopic (exact) mass is 319 g/mol. The van der Waals surface area contributed by atoms with Gasteiger partial charge in [0.2, 0.25) is 0 Å². The van der Waals surface area contributed by atoms with Crippen molar-refractivity contribution in [3.8, 4) is 0 Å². The molecular weight excluding hydrogens is 314 g/mol. The van der Waals surface area contributed by atoms with Crippen LogP contribution in [0.15, 0.2) is 28.5 Å². The third-order valence-electron chi connectivity index (χ3n) is 1.93. The number of anilines is 1. The molecule has 0 amide bonds. The topological polar surface area (TPSA) is 109 Å². The lowest BCUT2D eigenvalue weighted by molar-refractivity contribution is 0.0702. The number of hydrogen-bond acceptors (Lipinski definition) is 6. The molecule has 0 aliphatic rings. The Kier molecular flexibility index (Phi) is 3.69. The molecule has 100 valence electrons.